The van der Waals surface area contributed by atoms with Gasteiger partial charge in [-0.1, -0.05) is 12.1 Å². The summed E-state index contributed by atoms with van der Waals surface area (Å²) in [5, 5.41) is 17.8. The number of aryl methyl sites for hydroxylation is 1. The molecule has 3 rings (SSSR count). The number of halogens is 1. The number of anilines is 1. The molecule has 35 heavy (non-hydrogen) atoms. The van der Waals surface area contributed by atoms with Gasteiger partial charge in [-0.25, -0.2) is 22.4 Å². The number of nitrogens with zero attached hydrogens (tertiary/aromatic N) is 3. The maximum atomic E-state index is 13.8. The third-order valence-electron chi connectivity index (χ3n) is 4.49. The normalized spacial score (nSPS) is 12.1. The van der Waals surface area contributed by atoms with E-state index in [2.05, 4.69) is 24.5 Å². The van der Waals surface area contributed by atoms with Crippen LogP contribution in [0.4, 0.5) is 21.6 Å². The quantitative estimate of drug-likeness (QED) is 0.183. The Morgan fingerprint density at radius 2 is 1.80 bits per heavy atom. The maximum Gasteiger partial charge on any atom is 0.469 e. The second-order valence-electron chi connectivity index (χ2n) is 6.92. The van der Waals surface area contributed by atoms with Crippen molar-refractivity contribution in [1.29, 1.82) is 0 Å². The van der Waals surface area contributed by atoms with Crippen LogP contribution in [0.3, 0.4) is 0 Å². The summed E-state index contributed by atoms with van der Waals surface area (Å²) < 4.78 is 56.4. The van der Waals surface area contributed by atoms with Crippen LogP contribution in [0.1, 0.15) is 21.6 Å². The number of sulfonamides is 1. The van der Waals surface area contributed by atoms with Crippen LogP contribution in [0.5, 0.6) is 5.75 Å². The minimum absolute atomic E-state index is 0.00152. The lowest BCUT2D eigenvalue weighted by atomic mass is 10.1. The van der Waals surface area contributed by atoms with Gasteiger partial charge in [-0.15, -0.1) is 10.2 Å². The molecular formula is C20H18FN4O8PS. The van der Waals surface area contributed by atoms with Crippen molar-refractivity contribution in [2.75, 3.05) is 4.72 Å². The minimum atomic E-state index is -4.92. The Hall–Kier alpha value is -3.55. The molecule has 4 N–H and O–H groups in total. The molecule has 0 atom stereocenters. The second kappa shape index (κ2) is 10.4. The second-order valence-corrected chi connectivity index (χ2v) is 9.84. The molecular weight excluding hydrogens is 506 g/mol. The van der Waals surface area contributed by atoms with Gasteiger partial charge in [0.2, 0.25) is 0 Å². The number of benzene rings is 2. The summed E-state index contributed by atoms with van der Waals surface area (Å²) in [6.45, 7) is 0.573. The number of carbonyl (C=O) groups is 1. The molecule has 0 aliphatic carbocycles. The van der Waals surface area contributed by atoms with Gasteiger partial charge in [-0.3, -0.25) is 14.0 Å². The summed E-state index contributed by atoms with van der Waals surface area (Å²) in [5.74, 6) is -1.51. The monoisotopic (exact) mass is 524 g/mol. The third-order valence-corrected chi connectivity index (χ3v) is 6.33. The average molecular weight is 524 g/mol. The summed E-state index contributed by atoms with van der Waals surface area (Å²) in [4.78, 5) is 33.1. The van der Waals surface area contributed by atoms with Crippen LogP contribution in [0, 0.1) is 12.7 Å². The van der Waals surface area contributed by atoms with Crippen LogP contribution in [0.2, 0.25) is 0 Å². The largest absolute Gasteiger partial charge is 0.505 e. The highest BCUT2D eigenvalue weighted by Gasteiger charge is 2.22. The van der Waals surface area contributed by atoms with Crippen molar-refractivity contribution in [3.8, 4) is 5.75 Å². The van der Waals surface area contributed by atoms with Gasteiger partial charge in [-0.05, 0) is 43.3 Å². The zero-order valence-corrected chi connectivity index (χ0v) is 19.6. The average Bonchev–Trinajstić information content (AvgIpc) is 2.79. The van der Waals surface area contributed by atoms with Crippen molar-refractivity contribution >= 4 is 41.3 Å². The topological polar surface area (TPSA) is 188 Å². The number of hydrogen-bond acceptors (Lipinski definition) is 9. The first-order chi connectivity index (χ1) is 16.4. The molecule has 0 spiro atoms. The van der Waals surface area contributed by atoms with Gasteiger partial charge in [0.05, 0.1) is 34.1 Å². The number of azo groups is 1. The fraction of sp³-hybridized carbons (Fsp3) is 0.100. The number of phosphoric ester groups is 1. The van der Waals surface area contributed by atoms with E-state index in [1.807, 2.05) is 0 Å². The van der Waals surface area contributed by atoms with Gasteiger partial charge in [0, 0.05) is 5.56 Å². The van der Waals surface area contributed by atoms with Crippen LogP contribution in [0.25, 0.3) is 0 Å². The minimum Gasteiger partial charge on any atom is -0.505 e. The molecule has 3 aromatic rings. The van der Waals surface area contributed by atoms with E-state index in [0.29, 0.717) is 0 Å². The summed E-state index contributed by atoms with van der Waals surface area (Å²) in [5.41, 5.74) is -0.622. The zero-order chi connectivity index (χ0) is 25.8. The maximum absolute atomic E-state index is 13.8. The molecule has 0 aliphatic rings. The summed E-state index contributed by atoms with van der Waals surface area (Å²) >= 11 is 0. The van der Waals surface area contributed by atoms with Crippen LogP contribution in [0.15, 0.2) is 63.7 Å². The Bertz CT molecular complexity index is 1440. The Balaban J connectivity index is 1.89. The Kier molecular flexibility index (Phi) is 7.73. The molecule has 1 aromatic heterocycles. The van der Waals surface area contributed by atoms with Crippen molar-refractivity contribution < 1.29 is 41.6 Å². The third kappa shape index (κ3) is 6.53. The van der Waals surface area contributed by atoms with Crippen LogP contribution in [-0.4, -0.2) is 34.6 Å². The van der Waals surface area contributed by atoms with Crippen molar-refractivity contribution in [3.05, 3.63) is 71.2 Å². The number of carbonyl (C=O) groups excluding carboxylic acids is 1. The van der Waals surface area contributed by atoms with Gasteiger partial charge in [0.15, 0.2) is 12.1 Å². The molecule has 0 aliphatic heterocycles. The van der Waals surface area contributed by atoms with E-state index in [-0.39, 0.29) is 45.2 Å². The molecule has 0 bridgehead atoms. The molecule has 0 amide bonds. The lowest BCUT2D eigenvalue weighted by Crippen LogP contribution is -2.13. The number of pyridine rings is 1. The van der Waals surface area contributed by atoms with Crippen LogP contribution in [-0.2, 0) is 25.7 Å². The van der Waals surface area contributed by atoms with E-state index in [4.69, 9.17) is 9.79 Å². The van der Waals surface area contributed by atoms with E-state index in [1.165, 1.54) is 49.4 Å². The Labute approximate surface area is 198 Å². The lowest BCUT2D eigenvalue weighted by molar-refractivity contribution is 0.111. The van der Waals surface area contributed by atoms with Gasteiger partial charge >= 0.3 is 7.82 Å². The SMILES string of the molecule is Cc1nc(N=Nc2ccc(S(=O)(=O)Nc3ccccc3F)cc2)c(COP(=O)(O)O)c(C=O)c1O. The number of nitrogens with one attached hydrogen (secondary N) is 1. The number of hydrogen-bond donors (Lipinski definition) is 4. The number of aromatic nitrogens is 1. The predicted molar refractivity (Wildman–Crippen MR) is 121 cm³/mol. The number of phosphoric acid groups is 1. The van der Waals surface area contributed by atoms with E-state index >= 15 is 0 Å². The Morgan fingerprint density at radius 3 is 2.40 bits per heavy atom. The highest BCUT2D eigenvalue weighted by Crippen LogP contribution is 2.40. The lowest BCUT2D eigenvalue weighted by Gasteiger charge is -2.12. The highest BCUT2D eigenvalue weighted by atomic mass is 32.2. The number of para-hydroxylation sites is 1. The van der Waals surface area contributed by atoms with Crippen molar-refractivity contribution in [2.45, 2.75) is 18.4 Å². The fourth-order valence-corrected chi connectivity index (χ4v) is 4.15. The molecule has 12 nitrogen and oxygen atoms in total. The number of aldehydes is 1. The summed E-state index contributed by atoms with van der Waals surface area (Å²) in [6.07, 6.45) is 0.254. The van der Waals surface area contributed by atoms with Crippen LogP contribution >= 0.6 is 7.82 Å². The van der Waals surface area contributed by atoms with Gasteiger partial charge < -0.3 is 14.9 Å². The molecule has 1 heterocycles. The molecule has 0 saturated heterocycles. The molecule has 15 heteroatoms. The first-order valence-electron chi connectivity index (χ1n) is 9.58. The van der Waals surface area contributed by atoms with E-state index < -0.39 is 36.0 Å². The van der Waals surface area contributed by atoms with Crippen molar-refractivity contribution in [1.82, 2.24) is 4.98 Å². The van der Waals surface area contributed by atoms with E-state index in [9.17, 15) is 27.3 Å². The smallest absolute Gasteiger partial charge is 0.469 e. The molecule has 0 unspecified atom stereocenters. The van der Waals surface area contributed by atoms with E-state index in [1.54, 1.807) is 0 Å². The van der Waals surface area contributed by atoms with Gasteiger partial charge in [0.1, 0.15) is 11.6 Å². The first-order valence-corrected chi connectivity index (χ1v) is 12.6. The predicted octanol–water partition coefficient (Wildman–Crippen LogP) is 3.87. The number of rotatable bonds is 9. The zero-order valence-electron chi connectivity index (χ0n) is 17.9. The van der Waals surface area contributed by atoms with E-state index in [0.717, 1.165) is 6.07 Å². The highest BCUT2D eigenvalue weighted by molar-refractivity contribution is 7.92. The van der Waals surface area contributed by atoms with Crippen molar-refractivity contribution in [2.24, 2.45) is 10.2 Å². The van der Waals surface area contributed by atoms with Gasteiger partial charge in [0.25, 0.3) is 10.0 Å². The summed E-state index contributed by atoms with van der Waals surface area (Å²) in [7, 11) is -9.02. The molecule has 0 radical (unpaired) electrons. The van der Waals surface area contributed by atoms with Crippen LogP contribution < -0.4 is 4.72 Å². The molecule has 2 aromatic carbocycles. The summed E-state index contributed by atoms with van der Waals surface area (Å²) in [6, 6.07) is 10.2. The van der Waals surface area contributed by atoms with Gasteiger partial charge in [-0.2, -0.15) is 0 Å². The molecule has 0 saturated carbocycles. The molecule has 0 fully saturated rings. The van der Waals surface area contributed by atoms with Crippen molar-refractivity contribution in [3.63, 3.8) is 0 Å². The number of aromatic hydroxyl groups is 1. The first kappa shape index (κ1) is 26.1. The molecule has 184 valence electrons. The Morgan fingerprint density at radius 1 is 1.14 bits per heavy atom. The standard InChI is InChI=1S/C20H18FN4O8PS/c1-12-19(27)15(10-26)16(11-33-34(28,29)30)20(22-12)24-23-13-6-8-14(9-7-13)35(31,32)25-18-5-3-2-4-17(18)21/h2-10,25,27H,11H2,1H3,(H2,28,29,30). The fourth-order valence-electron chi connectivity index (χ4n) is 2.78.